The number of carbonyl (C=O) groups is 2. The molecule has 0 N–H and O–H groups in total. The second-order valence-corrected chi connectivity index (χ2v) is 11.5. The van der Waals surface area contributed by atoms with E-state index in [-0.39, 0.29) is 11.4 Å². The van der Waals surface area contributed by atoms with E-state index in [0.717, 1.165) is 62.7 Å². The third kappa shape index (κ3) is 6.19. The Morgan fingerprint density at radius 2 is 1.24 bits per heavy atom. The summed E-state index contributed by atoms with van der Waals surface area (Å²) in [6.45, 7) is 10.1. The number of carbonyl (C=O) groups excluding carboxylic acids is 2. The Balaban J connectivity index is 1.12. The molecule has 4 bridgehead atoms. The number of rotatable bonds is 10. The monoisotopic (exact) mass is 462 g/mol. The van der Waals surface area contributed by atoms with E-state index in [1.165, 1.54) is 19.3 Å². The third-order valence-corrected chi connectivity index (χ3v) is 8.47. The fourth-order valence-electron chi connectivity index (χ4n) is 7.06. The molecule has 33 heavy (non-hydrogen) atoms. The Morgan fingerprint density at radius 1 is 0.818 bits per heavy atom. The van der Waals surface area contributed by atoms with Crippen LogP contribution in [0.1, 0.15) is 85.0 Å². The van der Waals surface area contributed by atoms with Crippen LogP contribution in [-0.2, 0) is 28.5 Å². The number of ether oxygens (including phenoxy) is 4. The Morgan fingerprint density at radius 3 is 1.67 bits per heavy atom. The lowest BCUT2D eigenvalue weighted by Crippen LogP contribution is -2.51. The van der Waals surface area contributed by atoms with Crippen LogP contribution in [-0.4, -0.2) is 37.7 Å². The molecule has 0 radical (unpaired) electrons. The standard InChI is InChI=1S/C27H42O6/c1-17(2)25(28)32-18(3)30-15-20-5-7-21(8-6-20)16-31-19(4)33-26(29)27-12-22-9-23(13-27)11-24(10-22)14-27/h18-24H,1,5-16H2,2-4H3. The second-order valence-electron chi connectivity index (χ2n) is 11.5. The third-order valence-electron chi connectivity index (χ3n) is 8.47. The highest BCUT2D eigenvalue weighted by atomic mass is 16.7. The summed E-state index contributed by atoms with van der Waals surface area (Å²) in [5, 5.41) is 0. The van der Waals surface area contributed by atoms with Crippen LogP contribution in [0.5, 0.6) is 0 Å². The van der Waals surface area contributed by atoms with Gasteiger partial charge in [-0.2, -0.15) is 0 Å². The zero-order chi connectivity index (χ0) is 23.6. The van der Waals surface area contributed by atoms with Crippen molar-refractivity contribution in [3.8, 4) is 0 Å². The molecular formula is C27H42O6. The predicted octanol–water partition coefficient (Wildman–Crippen LogP) is 5.40. The van der Waals surface area contributed by atoms with Crippen molar-refractivity contribution in [2.24, 2.45) is 35.0 Å². The van der Waals surface area contributed by atoms with E-state index < -0.39 is 18.5 Å². The first-order valence-electron chi connectivity index (χ1n) is 13.0. The van der Waals surface area contributed by atoms with Crippen molar-refractivity contribution in [1.82, 2.24) is 0 Å². The summed E-state index contributed by atoms with van der Waals surface area (Å²) in [5.41, 5.74) is 0.157. The second kappa shape index (κ2) is 10.5. The van der Waals surface area contributed by atoms with Gasteiger partial charge >= 0.3 is 11.9 Å². The molecule has 5 aliphatic rings. The molecule has 5 rings (SSSR count). The van der Waals surface area contributed by atoms with Crippen LogP contribution in [0.15, 0.2) is 12.2 Å². The van der Waals surface area contributed by atoms with Crippen LogP contribution in [0, 0.1) is 35.0 Å². The minimum absolute atomic E-state index is 0.00331. The molecule has 6 nitrogen and oxygen atoms in total. The number of hydrogen-bond acceptors (Lipinski definition) is 6. The van der Waals surface area contributed by atoms with E-state index in [9.17, 15) is 9.59 Å². The van der Waals surface area contributed by atoms with Gasteiger partial charge < -0.3 is 18.9 Å². The summed E-state index contributed by atoms with van der Waals surface area (Å²) in [7, 11) is 0. The summed E-state index contributed by atoms with van der Waals surface area (Å²) < 4.78 is 22.7. The van der Waals surface area contributed by atoms with Crippen molar-refractivity contribution >= 4 is 11.9 Å². The molecule has 5 aliphatic carbocycles. The Labute approximate surface area is 198 Å². The topological polar surface area (TPSA) is 71.1 Å². The van der Waals surface area contributed by atoms with E-state index in [1.807, 2.05) is 6.92 Å². The van der Waals surface area contributed by atoms with Gasteiger partial charge in [0, 0.05) is 5.57 Å². The van der Waals surface area contributed by atoms with E-state index >= 15 is 0 Å². The average Bonchev–Trinajstić information content (AvgIpc) is 2.76. The fraction of sp³-hybridized carbons (Fsp3) is 0.852. The maximum atomic E-state index is 13.1. The Kier molecular flexibility index (Phi) is 7.84. The molecule has 5 fully saturated rings. The van der Waals surface area contributed by atoms with E-state index in [4.69, 9.17) is 18.9 Å². The Bertz CT molecular complexity index is 687. The van der Waals surface area contributed by atoms with Crippen LogP contribution >= 0.6 is 0 Å². The van der Waals surface area contributed by atoms with Crippen LogP contribution in [0.4, 0.5) is 0 Å². The number of esters is 2. The van der Waals surface area contributed by atoms with Crippen molar-refractivity contribution in [3.63, 3.8) is 0 Å². The highest BCUT2D eigenvalue weighted by Crippen LogP contribution is 2.60. The molecule has 2 atom stereocenters. The first-order valence-corrected chi connectivity index (χ1v) is 13.0. The van der Waals surface area contributed by atoms with Gasteiger partial charge in [-0.25, -0.2) is 4.79 Å². The highest BCUT2D eigenvalue weighted by molar-refractivity contribution is 5.87. The molecule has 0 saturated heterocycles. The van der Waals surface area contributed by atoms with Gasteiger partial charge in [-0.15, -0.1) is 0 Å². The zero-order valence-electron chi connectivity index (χ0n) is 20.7. The van der Waals surface area contributed by atoms with Gasteiger partial charge in [0.15, 0.2) is 12.6 Å². The maximum Gasteiger partial charge on any atom is 0.335 e. The van der Waals surface area contributed by atoms with Gasteiger partial charge in [-0.1, -0.05) is 6.58 Å². The average molecular weight is 463 g/mol. The SMILES string of the molecule is C=C(C)C(=O)OC(C)OCC1CCC(COC(C)OC(=O)C23CC4CC(CC(C4)C2)C3)CC1. The van der Waals surface area contributed by atoms with Gasteiger partial charge in [-0.05, 0) is 115 Å². The van der Waals surface area contributed by atoms with Crippen LogP contribution in [0.3, 0.4) is 0 Å². The molecule has 2 unspecified atom stereocenters. The van der Waals surface area contributed by atoms with Crippen LogP contribution < -0.4 is 0 Å². The molecule has 0 aromatic rings. The van der Waals surface area contributed by atoms with Gasteiger partial charge in [0.05, 0.1) is 18.6 Å². The van der Waals surface area contributed by atoms with Gasteiger partial charge in [0.25, 0.3) is 0 Å². The first kappa shape index (κ1) is 24.7. The fourth-order valence-corrected chi connectivity index (χ4v) is 7.06. The molecule has 0 aliphatic heterocycles. The van der Waals surface area contributed by atoms with Crippen molar-refractivity contribution < 1.29 is 28.5 Å². The molecular weight excluding hydrogens is 420 g/mol. The molecule has 0 aromatic heterocycles. The maximum absolute atomic E-state index is 13.1. The highest BCUT2D eigenvalue weighted by Gasteiger charge is 2.55. The number of hydrogen-bond donors (Lipinski definition) is 0. The molecule has 6 heteroatoms. The lowest BCUT2D eigenvalue weighted by Gasteiger charge is -2.55. The van der Waals surface area contributed by atoms with Gasteiger partial charge in [0.1, 0.15) is 0 Å². The van der Waals surface area contributed by atoms with Crippen LogP contribution in [0.2, 0.25) is 0 Å². The molecule has 0 amide bonds. The van der Waals surface area contributed by atoms with Crippen molar-refractivity contribution in [1.29, 1.82) is 0 Å². The molecule has 0 heterocycles. The molecule has 0 spiro atoms. The summed E-state index contributed by atoms with van der Waals surface area (Å²) in [4.78, 5) is 24.6. The van der Waals surface area contributed by atoms with Crippen LogP contribution in [0.25, 0.3) is 0 Å². The zero-order valence-corrected chi connectivity index (χ0v) is 20.7. The van der Waals surface area contributed by atoms with Gasteiger partial charge in [0.2, 0.25) is 0 Å². The van der Waals surface area contributed by atoms with E-state index in [0.29, 0.717) is 30.6 Å². The van der Waals surface area contributed by atoms with Crippen molar-refractivity contribution in [2.45, 2.75) is 97.6 Å². The van der Waals surface area contributed by atoms with Crippen molar-refractivity contribution in [2.75, 3.05) is 13.2 Å². The summed E-state index contributed by atoms with van der Waals surface area (Å²) >= 11 is 0. The van der Waals surface area contributed by atoms with E-state index in [1.54, 1.807) is 13.8 Å². The molecule has 0 aromatic carbocycles. The summed E-state index contributed by atoms with van der Waals surface area (Å²) in [6, 6.07) is 0. The minimum Gasteiger partial charge on any atom is -0.436 e. The summed E-state index contributed by atoms with van der Waals surface area (Å²) in [5.74, 6) is 2.75. The molecule has 186 valence electrons. The minimum atomic E-state index is -0.556. The van der Waals surface area contributed by atoms with Crippen molar-refractivity contribution in [3.05, 3.63) is 12.2 Å². The van der Waals surface area contributed by atoms with E-state index in [2.05, 4.69) is 6.58 Å². The Hall–Kier alpha value is -1.40. The largest absolute Gasteiger partial charge is 0.436 e. The first-order chi connectivity index (χ1) is 15.7. The lowest BCUT2D eigenvalue weighted by molar-refractivity contribution is -0.201. The normalized spacial score (nSPS) is 36.8. The smallest absolute Gasteiger partial charge is 0.335 e. The van der Waals surface area contributed by atoms with Gasteiger partial charge in [-0.3, -0.25) is 4.79 Å². The summed E-state index contributed by atoms with van der Waals surface area (Å²) in [6.07, 6.45) is 10.3. The quantitative estimate of drug-likeness (QED) is 0.246. The predicted molar refractivity (Wildman–Crippen MR) is 124 cm³/mol. The lowest BCUT2D eigenvalue weighted by atomic mass is 9.49. The molecule has 5 saturated carbocycles.